The standard InChI is InChI=1S/C27H26N2O4/c30-27(31)19-32-26-13-5-11-23-21(10-4-12-24(23)26)14-16-33-29-25(22-8-2-1-3-9-22)17-20-7-6-15-28-18-20/h1-3,5-11,13,15,18H,4,12,14,16-17,19H2,(H,30,31)/b29-25+. The monoisotopic (exact) mass is 442 g/mol. The van der Waals surface area contributed by atoms with Gasteiger partial charge in [-0.1, -0.05) is 59.8 Å². The lowest BCUT2D eigenvalue weighted by Gasteiger charge is -2.20. The van der Waals surface area contributed by atoms with Gasteiger partial charge < -0.3 is 14.7 Å². The van der Waals surface area contributed by atoms with E-state index >= 15 is 0 Å². The van der Waals surface area contributed by atoms with Crippen LogP contribution in [-0.2, 0) is 22.5 Å². The van der Waals surface area contributed by atoms with Crippen molar-refractivity contribution in [2.24, 2.45) is 5.16 Å². The Morgan fingerprint density at radius 2 is 1.94 bits per heavy atom. The third-order valence-corrected chi connectivity index (χ3v) is 5.45. The number of aliphatic carboxylic acids is 1. The van der Waals surface area contributed by atoms with Gasteiger partial charge in [0.25, 0.3) is 0 Å². The van der Waals surface area contributed by atoms with E-state index in [0.717, 1.165) is 40.8 Å². The van der Waals surface area contributed by atoms with E-state index < -0.39 is 5.97 Å². The molecule has 3 aromatic rings. The molecule has 1 aliphatic rings. The van der Waals surface area contributed by atoms with Crippen LogP contribution >= 0.6 is 0 Å². The van der Waals surface area contributed by atoms with Gasteiger partial charge >= 0.3 is 5.97 Å². The molecule has 33 heavy (non-hydrogen) atoms. The lowest BCUT2D eigenvalue weighted by molar-refractivity contribution is -0.139. The molecule has 0 aliphatic heterocycles. The summed E-state index contributed by atoms with van der Waals surface area (Å²) >= 11 is 0. The van der Waals surface area contributed by atoms with Crippen LogP contribution in [0.2, 0.25) is 0 Å². The highest BCUT2D eigenvalue weighted by Crippen LogP contribution is 2.34. The fraction of sp³-hybridized carbons (Fsp3) is 0.222. The molecule has 0 saturated heterocycles. The van der Waals surface area contributed by atoms with Crippen LogP contribution in [0.25, 0.3) is 5.57 Å². The maximum absolute atomic E-state index is 10.9. The van der Waals surface area contributed by atoms with Gasteiger partial charge in [0.2, 0.25) is 0 Å². The summed E-state index contributed by atoms with van der Waals surface area (Å²) in [5.41, 5.74) is 6.26. The molecule has 1 aromatic heterocycles. The van der Waals surface area contributed by atoms with Crippen molar-refractivity contribution < 1.29 is 19.5 Å². The summed E-state index contributed by atoms with van der Waals surface area (Å²) in [6.07, 6.45) is 8.86. The zero-order chi connectivity index (χ0) is 22.9. The molecule has 0 unspecified atom stereocenters. The highest BCUT2D eigenvalue weighted by molar-refractivity contribution is 6.01. The normalized spacial score (nSPS) is 13.1. The largest absolute Gasteiger partial charge is 0.482 e. The Morgan fingerprint density at radius 1 is 1.06 bits per heavy atom. The van der Waals surface area contributed by atoms with Gasteiger partial charge in [-0.05, 0) is 47.2 Å². The Kier molecular flexibility index (Phi) is 7.48. The molecule has 2 aromatic carbocycles. The van der Waals surface area contributed by atoms with Crippen molar-refractivity contribution in [3.05, 3.63) is 101 Å². The smallest absolute Gasteiger partial charge is 0.341 e. The van der Waals surface area contributed by atoms with Crippen LogP contribution < -0.4 is 4.74 Å². The van der Waals surface area contributed by atoms with Crippen LogP contribution in [0, 0.1) is 0 Å². The molecule has 0 amide bonds. The second-order valence-electron chi connectivity index (χ2n) is 7.76. The molecule has 0 spiro atoms. The minimum Gasteiger partial charge on any atom is -0.482 e. The number of ether oxygens (including phenoxy) is 1. The predicted molar refractivity (Wildman–Crippen MR) is 127 cm³/mol. The molecule has 0 atom stereocenters. The Labute approximate surface area is 193 Å². The van der Waals surface area contributed by atoms with Crippen molar-refractivity contribution in [3.8, 4) is 5.75 Å². The number of pyridine rings is 1. The average molecular weight is 443 g/mol. The van der Waals surface area contributed by atoms with Gasteiger partial charge in [0, 0.05) is 30.8 Å². The molecule has 0 fully saturated rings. The summed E-state index contributed by atoms with van der Waals surface area (Å²) in [7, 11) is 0. The van der Waals surface area contributed by atoms with Crippen LogP contribution in [0.3, 0.4) is 0 Å². The van der Waals surface area contributed by atoms with Crippen LogP contribution in [0.1, 0.15) is 35.1 Å². The SMILES string of the molecule is O=C(O)COc1cccc2c1CCC=C2CCO/N=C(\Cc1cccnc1)c1ccccc1. The van der Waals surface area contributed by atoms with Crippen molar-refractivity contribution in [2.75, 3.05) is 13.2 Å². The first kappa shape index (κ1) is 22.3. The minimum atomic E-state index is -0.981. The van der Waals surface area contributed by atoms with Crippen molar-refractivity contribution in [3.63, 3.8) is 0 Å². The van der Waals surface area contributed by atoms with Crippen LogP contribution in [0.4, 0.5) is 0 Å². The van der Waals surface area contributed by atoms with E-state index in [9.17, 15) is 4.79 Å². The summed E-state index contributed by atoms with van der Waals surface area (Å²) in [5.74, 6) is -0.340. The molecular formula is C27H26N2O4. The number of nitrogens with zero attached hydrogens (tertiary/aromatic N) is 2. The zero-order valence-electron chi connectivity index (χ0n) is 18.3. The first-order chi connectivity index (χ1) is 16.2. The van der Waals surface area contributed by atoms with Gasteiger partial charge in [-0.2, -0.15) is 0 Å². The number of benzene rings is 2. The highest BCUT2D eigenvalue weighted by Gasteiger charge is 2.17. The second-order valence-corrected chi connectivity index (χ2v) is 7.76. The fourth-order valence-corrected chi connectivity index (χ4v) is 3.93. The van der Waals surface area contributed by atoms with Crippen molar-refractivity contribution in [1.82, 2.24) is 4.98 Å². The van der Waals surface area contributed by atoms with Crippen molar-refractivity contribution in [2.45, 2.75) is 25.7 Å². The fourth-order valence-electron chi connectivity index (χ4n) is 3.93. The first-order valence-electron chi connectivity index (χ1n) is 11.0. The predicted octanol–water partition coefficient (Wildman–Crippen LogP) is 4.93. The van der Waals surface area contributed by atoms with Gasteiger partial charge in [0.1, 0.15) is 12.4 Å². The van der Waals surface area contributed by atoms with E-state index in [0.29, 0.717) is 25.2 Å². The molecule has 1 N–H and O–H groups in total. The van der Waals surface area contributed by atoms with E-state index in [1.165, 1.54) is 5.57 Å². The summed E-state index contributed by atoms with van der Waals surface area (Å²) in [6.45, 7) is 0.0986. The third-order valence-electron chi connectivity index (χ3n) is 5.45. The molecule has 0 radical (unpaired) electrons. The van der Waals surface area contributed by atoms with E-state index in [-0.39, 0.29) is 6.61 Å². The van der Waals surface area contributed by atoms with Gasteiger partial charge in [0.15, 0.2) is 6.61 Å². The van der Waals surface area contributed by atoms with Crippen LogP contribution in [-0.4, -0.2) is 35.0 Å². The van der Waals surface area contributed by atoms with Crippen molar-refractivity contribution in [1.29, 1.82) is 0 Å². The number of oxime groups is 1. The zero-order valence-corrected chi connectivity index (χ0v) is 18.3. The maximum Gasteiger partial charge on any atom is 0.341 e. The molecular weight excluding hydrogens is 416 g/mol. The van der Waals surface area contributed by atoms with Crippen molar-refractivity contribution >= 4 is 17.3 Å². The van der Waals surface area contributed by atoms with Crippen LogP contribution in [0.5, 0.6) is 5.75 Å². The number of hydrogen-bond acceptors (Lipinski definition) is 5. The Balaban J connectivity index is 1.43. The average Bonchev–Trinajstić information content (AvgIpc) is 2.85. The number of fused-ring (bicyclic) bond motifs is 1. The number of rotatable bonds is 10. The lowest BCUT2D eigenvalue weighted by atomic mass is 9.89. The Bertz CT molecular complexity index is 1140. The van der Waals surface area contributed by atoms with E-state index in [2.05, 4.69) is 22.3 Å². The summed E-state index contributed by atoms with van der Waals surface area (Å²) in [4.78, 5) is 20.8. The molecule has 168 valence electrons. The molecule has 0 saturated carbocycles. The summed E-state index contributed by atoms with van der Waals surface area (Å²) < 4.78 is 5.49. The topological polar surface area (TPSA) is 81.0 Å². The third kappa shape index (κ3) is 6.07. The Morgan fingerprint density at radius 3 is 2.73 bits per heavy atom. The van der Waals surface area contributed by atoms with E-state index in [1.807, 2.05) is 60.8 Å². The summed E-state index contributed by atoms with van der Waals surface area (Å²) in [6, 6.07) is 19.7. The van der Waals surface area contributed by atoms with E-state index in [4.69, 9.17) is 14.7 Å². The molecule has 1 heterocycles. The number of hydrogen-bond donors (Lipinski definition) is 1. The maximum atomic E-state index is 10.9. The molecule has 6 heteroatoms. The molecule has 4 rings (SSSR count). The first-order valence-corrected chi connectivity index (χ1v) is 11.0. The van der Waals surface area contributed by atoms with Gasteiger partial charge in [-0.25, -0.2) is 4.79 Å². The number of carboxylic acid groups (broad SMARTS) is 1. The Hall–Kier alpha value is -3.93. The van der Waals surface area contributed by atoms with Gasteiger partial charge in [0.05, 0.1) is 5.71 Å². The van der Waals surface area contributed by atoms with Crippen LogP contribution in [0.15, 0.2) is 84.3 Å². The molecule has 6 nitrogen and oxygen atoms in total. The minimum absolute atomic E-state index is 0.341. The highest BCUT2D eigenvalue weighted by atomic mass is 16.6. The molecule has 1 aliphatic carbocycles. The number of carboxylic acids is 1. The number of aromatic nitrogens is 1. The number of carbonyl (C=O) groups is 1. The quantitative estimate of drug-likeness (QED) is 0.274. The second kappa shape index (κ2) is 11.1. The van der Waals surface area contributed by atoms with E-state index in [1.54, 1.807) is 6.20 Å². The molecule has 0 bridgehead atoms. The van der Waals surface area contributed by atoms with Gasteiger partial charge in [-0.15, -0.1) is 0 Å². The lowest BCUT2D eigenvalue weighted by Crippen LogP contribution is -2.12. The number of allylic oxidation sites excluding steroid dienone is 1. The van der Waals surface area contributed by atoms with Gasteiger partial charge in [-0.3, -0.25) is 4.98 Å². The summed E-state index contributed by atoms with van der Waals surface area (Å²) in [5, 5.41) is 13.4.